The maximum absolute atomic E-state index is 10.7. The van der Waals surface area contributed by atoms with Crippen LogP contribution in [0.2, 0.25) is 0 Å². The number of hydrogen-bond acceptors (Lipinski definition) is 3. The first-order valence-electron chi connectivity index (χ1n) is 4.73. The largest absolute Gasteiger partial charge is 0.491 e. The molecule has 1 aromatic rings. The van der Waals surface area contributed by atoms with Crippen LogP contribution in [0.5, 0.6) is 5.75 Å². The van der Waals surface area contributed by atoms with E-state index in [9.17, 15) is 4.79 Å². The quantitative estimate of drug-likeness (QED) is 0.761. The number of ether oxygens (including phenoxy) is 1. The third-order valence-corrected chi connectivity index (χ3v) is 2.15. The van der Waals surface area contributed by atoms with Crippen LogP contribution in [0.15, 0.2) is 24.3 Å². The van der Waals surface area contributed by atoms with E-state index in [1.807, 2.05) is 31.2 Å². The summed E-state index contributed by atoms with van der Waals surface area (Å²) in [5.41, 5.74) is 0.998. The Morgan fingerprint density at radius 2 is 2.20 bits per heavy atom. The van der Waals surface area contributed by atoms with Crippen molar-refractivity contribution < 1.29 is 14.6 Å². The van der Waals surface area contributed by atoms with Crippen molar-refractivity contribution in [2.75, 3.05) is 13.7 Å². The molecule has 1 aromatic carbocycles. The molecule has 4 heteroatoms. The van der Waals surface area contributed by atoms with Crippen LogP contribution < -0.4 is 10.1 Å². The lowest BCUT2D eigenvalue weighted by atomic mass is 10.2. The van der Waals surface area contributed by atoms with Gasteiger partial charge < -0.3 is 15.2 Å². The lowest BCUT2D eigenvalue weighted by Gasteiger charge is -2.13. The van der Waals surface area contributed by atoms with Crippen LogP contribution in [0, 0.1) is 6.92 Å². The molecule has 0 aliphatic carbocycles. The van der Waals surface area contributed by atoms with Crippen LogP contribution in [-0.2, 0) is 4.79 Å². The van der Waals surface area contributed by atoms with Gasteiger partial charge in [-0.3, -0.25) is 4.79 Å². The highest BCUT2D eigenvalue weighted by Gasteiger charge is 2.15. The van der Waals surface area contributed by atoms with Gasteiger partial charge in [-0.05, 0) is 25.6 Å². The third kappa shape index (κ3) is 3.25. The van der Waals surface area contributed by atoms with Gasteiger partial charge in [-0.1, -0.05) is 18.2 Å². The summed E-state index contributed by atoms with van der Waals surface area (Å²) in [5.74, 6) is -0.190. The van der Waals surface area contributed by atoms with Crippen molar-refractivity contribution in [3.8, 4) is 5.75 Å². The molecule has 0 saturated carbocycles. The average Bonchev–Trinajstić information content (AvgIpc) is 2.21. The van der Waals surface area contributed by atoms with Gasteiger partial charge in [0.2, 0.25) is 0 Å². The normalized spacial score (nSPS) is 12.1. The Hall–Kier alpha value is -1.55. The van der Waals surface area contributed by atoms with Gasteiger partial charge in [-0.15, -0.1) is 0 Å². The number of carboxylic acid groups (broad SMARTS) is 1. The average molecular weight is 209 g/mol. The first kappa shape index (κ1) is 11.5. The van der Waals surface area contributed by atoms with Crippen molar-refractivity contribution in [1.82, 2.24) is 5.32 Å². The van der Waals surface area contributed by atoms with E-state index in [-0.39, 0.29) is 6.61 Å². The standard InChI is InChI=1S/C11H15NO3/c1-8-5-3-4-6-10(8)15-7-9(12-2)11(13)14/h3-6,9,12H,7H2,1-2H3,(H,13,14). The van der Waals surface area contributed by atoms with E-state index < -0.39 is 12.0 Å². The summed E-state index contributed by atoms with van der Waals surface area (Å²) in [7, 11) is 1.60. The highest BCUT2D eigenvalue weighted by Crippen LogP contribution is 2.16. The molecule has 2 N–H and O–H groups in total. The van der Waals surface area contributed by atoms with Crippen LogP contribution in [0.4, 0.5) is 0 Å². The predicted molar refractivity (Wildman–Crippen MR) is 57.2 cm³/mol. The molecule has 0 fully saturated rings. The maximum atomic E-state index is 10.7. The Bertz CT molecular complexity index is 338. The molecule has 0 aliphatic heterocycles. The summed E-state index contributed by atoms with van der Waals surface area (Å²) in [4.78, 5) is 10.7. The number of aliphatic carboxylic acids is 1. The summed E-state index contributed by atoms with van der Waals surface area (Å²) < 4.78 is 5.41. The highest BCUT2D eigenvalue weighted by atomic mass is 16.5. The molecular formula is C11H15NO3. The number of carbonyl (C=O) groups is 1. The van der Waals surface area contributed by atoms with Crippen LogP contribution in [0.1, 0.15) is 5.56 Å². The molecule has 4 nitrogen and oxygen atoms in total. The van der Waals surface area contributed by atoms with Crippen molar-refractivity contribution in [3.05, 3.63) is 29.8 Å². The van der Waals surface area contributed by atoms with E-state index >= 15 is 0 Å². The summed E-state index contributed by atoms with van der Waals surface area (Å²) in [6, 6.07) is 6.84. The van der Waals surface area contributed by atoms with E-state index in [1.165, 1.54) is 0 Å². The first-order chi connectivity index (χ1) is 7.15. The predicted octanol–water partition coefficient (Wildman–Crippen LogP) is 1.05. The Labute approximate surface area is 88.9 Å². The van der Waals surface area contributed by atoms with Crippen LogP contribution >= 0.6 is 0 Å². The number of rotatable bonds is 5. The summed E-state index contributed by atoms with van der Waals surface area (Å²) in [5, 5.41) is 11.4. The Morgan fingerprint density at radius 3 is 2.73 bits per heavy atom. The summed E-state index contributed by atoms with van der Waals surface area (Å²) in [6.45, 7) is 2.04. The van der Waals surface area contributed by atoms with Crippen LogP contribution in [-0.4, -0.2) is 30.8 Å². The minimum absolute atomic E-state index is 0.122. The number of aryl methyl sites for hydroxylation is 1. The monoisotopic (exact) mass is 209 g/mol. The molecular weight excluding hydrogens is 194 g/mol. The van der Waals surface area contributed by atoms with Crippen molar-refractivity contribution in [1.29, 1.82) is 0 Å². The van der Waals surface area contributed by atoms with Gasteiger partial charge in [0.1, 0.15) is 18.4 Å². The number of likely N-dealkylation sites (N-methyl/N-ethyl adjacent to an activating group) is 1. The fourth-order valence-electron chi connectivity index (χ4n) is 1.17. The van der Waals surface area contributed by atoms with Crippen molar-refractivity contribution in [2.45, 2.75) is 13.0 Å². The second-order valence-corrected chi connectivity index (χ2v) is 3.26. The lowest BCUT2D eigenvalue weighted by Crippen LogP contribution is -2.39. The van der Waals surface area contributed by atoms with Crippen molar-refractivity contribution >= 4 is 5.97 Å². The van der Waals surface area contributed by atoms with E-state index in [0.29, 0.717) is 0 Å². The Balaban J connectivity index is 2.56. The summed E-state index contributed by atoms with van der Waals surface area (Å²) in [6.07, 6.45) is 0. The van der Waals surface area contributed by atoms with Crippen LogP contribution in [0.3, 0.4) is 0 Å². The minimum Gasteiger partial charge on any atom is -0.491 e. The molecule has 82 valence electrons. The SMILES string of the molecule is CNC(COc1ccccc1C)C(=O)O. The van der Waals surface area contributed by atoms with Gasteiger partial charge in [-0.25, -0.2) is 0 Å². The third-order valence-electron chi connectivity index (χ3n) is 2.15. The van der Waals surface area contributed by atoms with Crippen LogP contribution in [0.25, 0.3) is 0 Å². The first-order valence-corrected chi connectivity index (χ1v) is 4.73. The molecule has 15 heavy (non-hydrogen) atoms. The molecule has 0 saturated heterocycles. The van der Waals surface area contributed by atoms with Gasteiger partial charge in [-0.2, -0.15) is 0 Å². The Morgan fingerprint density at radius 1 is 1.53 bits per heavy atom. The summed E-state index contributed by atoms with van der Waals surface area (Å²) >= 11 is 0. The van der Waals surface area contributed by atoms with E-state index in [4.69, 9.17) is 9.84 Å². The van der Waals surface area contributed by atoms with Crippen molar-refractivity contribution in [2.24, 2.45) is 0 Å². The molecule has 0 spiro atoms. The zero-order valence-corrected chi connectivity index (χ0v) is 8.86. The molecule has 0 bridgehead atoms. The van der Waals surface area contributed by atoms with Gasteiger partial charge in [0, 0.05) is 0 Å². The number of carboxylic acids is 1. The zero-order chi connectivity index (χ0) is 11.3. The number of hydrogen-bond donors (Lipinski definition) is 2. The molecule has 0 aliphatic rings. The maximum Gasteiger partial charge on any atom is 0.324 e. The zero-order valence-electron chi connectivity index (χ0n) is 8.86. The van der Waals surface area contributed by atoms with Gasteiger partial charge in [0.05, 0.1) is 0 Å². The minimum atomic E-state index is -0.911. The van der Waals surface area contributed by atoms with E-state index in [0.717, 1.165) is 11.3 Å². The van der Waals surface area contributed by atoms with E-state index in [2.05, 4.69) is 5.32 Å². The molecule has 1 atom stereocenters. The molecule has 1 unspecified atom stereocenters. The lowest BCUT2D eigenvalue weighted by molar-refractivity contribution is -0.140. The highest BCUT2D eigenvalue weighted by molar-refractivity contribution is 5.73. The molecule has 0 radical (unpaired) electrons. The van der Waals surface area contributed by atoms with Gasteiger partial charge in [0.25, 0.3) is 0 Å². The number of nitrogens with one attached hydrogen (secondary N) is 1. The molecule has 0 aromatic heterocycles. The number of para-hydroxylation sites is 1. The number of benzene rings is 1. The van der Waals surface area contributed by atoms with Gasteiger partial charge >= 0.3 is 5.97 Å². The Kier molecular flexibility index (Phi) is 4.12. The second kappa shape index (κ2) is 5.36. The molecule has 1 rings (SSSR count). The molecule has 0 amide bonds. The van der Waals surface area contributed by atoms with E-state index in [1.54, 1.807) is 7.05 Å². The fraction of sp³-hybridized carbons (Fsp3) is 0.364. The second-order valence-electron chi connectivity index (χ2n) is 3.26. The van der Waals surface area contributed by atoms with Gasteiger partial charge in [0.15, 0.2) is 0 Å². The smallest absolute Gasteiger partial charge is 0.324 e. The molecule has 0 heterocycles. The fourth-order valence-corrected chi connectivity index (χ4v) is 1.17. The topological polar surface area (TPSA) is 58.6 Å². The van der Waals surface area contributed by atoms with Crippen molar-refractivity contribution in [3.63, 3.8) is 0 Å².